The number of aromatic amines is 2. The summed E-state index contributed by atoms with van der Waals surface area (Å²) >= 11 is 0. The summed E-state index contributed by atoms with van der Waals surface area (Å²) in [5.74, 6) is 0.171. The fraction of sp³-hybridized carbons (Fsp3) is 0.419. The van der Waals surface area contributed by atoms with Crippen LogP contribution in [-0.2, 0) is 4.74 Å². The normalized spacial score (nSPS) is 13.9. The van der Waals surface area contributed by atoms with E-state index >= 15 is 0 Å². The third-order valence-corrected chi connectivity index (χ3v) is 8.83. The van der Waals surface area contributed by atoms with Gasteiger partial charge in [0.15, 0.2) is 34.4 Å². The third-order valence-electron chi connectivity index (χ3n) is 8.83. The van der Waals surface area contributed by atoms with Gasteiger partial charge in [0.2, 0.25) is 0 Å². The number of ether oxygens (including phenoxy) is 3. The Balaban J connectivity index is 0.000000224. The van der Waals surface area contributed by atoms with E-state index in [1.807, 2.05) is 32.0 Å². The first-order valence-corrected chi connectivity index (χ1v) is 19.0. The van der Waals surface area contributed by atoms with E-state index in [-0.39, 0.29) is 30.6 Å². The molecule has 304 valence electrons. The summed E-state index contributed by atoms with van der Waals surface area (Å²) in [5.41, 5.74) is 8.84. The highest BCUT2D eigenvalue weighted by Gasteiger charge is 2.31. The number of amides is 1. The van der Waals surface area contributed by atoms with Gasteiger partial charge in [0, 0.05) is 28.7 Å². The third kappa shape index (κ3) is 11.7. The first kappa shape index (κ1) is 42.5. The Morgan fingerprint density at radius 2 is 1.21 bits per heavy atom. The van der Waals surface area contributed by atoms with Gasteiger partial charge in [-0.3, -0.25) is 10.2 Å². The Hall–Kier alpha value is -5.63. The summed E-state index contributed by atoms with van der Waals surface area (Å²) in [4.78, 5) is 20.8. The second-order valence-corrected chi connectivity index (χ2v) is 16.9. The zero-order valence-electron chi connectivity index (χ0n) is 34.2. The van der Waals surface area contributed by atoms with Gasteiger partial charge >= 0.3 is 6.09 Å². The molecule has 0 aliphatic carbocycles. The van der Waals surface area contributed by atoms with Gasteiger partial charge in [-0.15, -0.1) is 0 Å². The van der Waals surface area contributed by atoms with Gasteiger partial charge in [0.1, 0.15) is 18.8 Å². The SMILES string of the molecule is CC(C)C[C@@](C)(N)COc1ccc(-c2ccnc3[nH]ncc23)cc1F.CC(C)C[C@](C)(COc1ccc(-c2ccnc3[nH]ncc23)cc1F)NC(=O)OC(C)(C)C. The summed E-state index contributed by atoms with van der Waals surface area (Å²) in [6.07, 6.45) is 7.60. The second-order valence-electron chi connectivity index (χ2n) is 16.9. The number of rotatable bonds is 13. The van der Waals surface area contributed by atoms with E-state index in [1.54, 1.807) is 63.8 Å². The Morgan fingerprint density at radius 1 is 0.737 bits per heavy atom. The van der Waals surface area contributed by atoms with Crippen molar-refractivity contribution in [2.45, 2.75) is 91.8 Å². The van der Waals surface area contributed by atoms with Crippen LogP contribution in [0, 0.1) is 23.5 Å². The van der Waals surface area contributed by atoms with E-state index in [0.29, 0.717) is 29.2 Å². The molecule has 0 fully saturated rings. The molecule has 0 unspecified atom stereocenters. The second kappa shape index (κ2) is 17.7. The molecule has 14 heteroatoms. The van der Waals surface area contributed by atoms with Gasteiger partial charge < -0.3 is 25.3 Å². The molecule has 6 aromatic rings. The van der Waals surface area contributed by atoms with Gasteiger partial charge in [-0.2, -0.15) is 10.2 Å². The maximum Gasteiger partial charge on any atom is 0.408 e. The molecular formula is C43H54F2N8O4. The van der Waals surface area contributed by atoms with Crippen LogP contribution in [0.2, 0.25) is 0 Å². The van der Waals surface area contributed by atoms with Crippen molar-refractivity contribution in [3.8, 4) is 33.8 Å². The lowest BCUT2D eigenvalue weighted by atomic mass is 9.91. The first-order chi connectivity index (χ1) is 26.8. The number of nitrogens with two attached hydrogens (primary N) is 1. The largest absolute Gasteiger partial charge is 0.489 e. The van der Waals surface area contributed by atoms with E-state index in [9.17, 15) is 13.6 Å². The number of carbonyl (C=O) groups is 1. The van der Waals surface area contributed by atoms with E-state index in [0.717, 1.165) is 33.9 Å². The van der Waals surface area contributed by atoms with Gasteiger partial charge in [0.25, 0.3) is 0 Å². The Labute approximate surface area is 332 Å². The molecule has 57 heavy (non-hydrogen) atoms. The van der Waals surface area contributed by atoms with Crippen LogP contribution in [0.4, 0.5) is 13.6 Å². The van der Waals surface area contributed by atoms with Crippen molar-refractivity contribution < 1.29 is 27.8 Å². The lowest BCUT2D eigenvalue weighted by molar-refractivity contribution is 0.0406. The Kier molecular flexibility index (Phi) is 13.2. The van der Waals surface area contributed by atoms with Gasteiger partial charge in [-0.05, 0) is 118 Å². The van der Waals surface area contributed by atoms with Crippen LogP contribution < -0.4 is 20.5 Å². The number of carbonyl (C=O) groups excluding carboxylic acids is 1. The maximum absolute atomic E-state index is 14.9. The molecule has 0 aliphatic rings. The number of fused-ring (bicyclic) bond motifs is 2. The van der Waals surface area contributed by atoms with Crippen molar-refractivity contribution in [3.05, 3.63) is 85.0 Å². The summed E-state index contributed by atoms with van der Waals surface area (Å²) in [5, 5.41) is 18.2. The fourth-order valence-corrected chi connectivity index (χ4v) is 6.84. The Bertz CT molecular complexity index is 2280. The predicted molar refractivity (Wildman–Crippen MR) is 219 cm³/mol. The molecule has 0 saturated heterocycles. The zero-order chi connectivity index (χ0) is 41.5. The highest BCUT2D eigenvalue weighted by Crippen LogP contribution is 2.32. The van der Waals surface area contributed by atoms with Crippen LogP contribution in [0.25, 0.3) is 44.3 Å². The molecule has 4 heterocycles. The molecule has 4 aromatic heterocycles. The highest BCUT2D eigenvalue weighted by molar-refractivity contribution is 5.93. The number of H-pyrrole nitrogens is 2. The van der Waals surface area contributed by atoms with Crippen molar-refractivity contribution >= 4 is 28.2 Å². The van der Waals surface area contributed by atoms with Crippen molar-refractivity contribution in [3.63, 3.8) is 0 Å². The molecule has 2 aromatic carbocycles. The number of halogens is 2. The van der Waals surface area contributed by atoms with Crippen LogP contribution in [0.1, 0.15) is 75.2 Å². The standard InChI is InChI=1S/C24H31FN4O3.C19H23FN4O/c1-15(2)12-24(6,28-22(30)32-23(3,4)5)14-31-20-8-7-16(11-19(20)25)17-9-10-26-21-18(17)13-27-29-21;1-12(2)9-19(3,21)11-25-17-5-4-13(8-16(17)20)14-6-7-22-18-15(14)10-23-24-18/h7-11,13,15H,12,14H2,1-6H3,(H,28,30)(H,26,27,29);4-8,10,12H,9,11,21H2,1-3H3,(H,22,23,24)/t24-;19-/m11/s1. The number of benzene rings is 2. The molecule has 6 rings (SSSR count). The molecular weight excluding hydrogens is 731 g/mol. The number of hydrogen-bond donors (Lipinski definition) is 4. The summed E-state index contributed by atoms with van der Waals surface area (Å²) in [7, 11) is 0. The average molecular weight is 785 g/mol. The maximum atomic E-state index is 14.9. The predicted octanol–water partition coefficient (Wildman–Crippen LogP) is 9.38. The molecule has 0 spiro atoms. The minimum Gasteiger partial charge on any atom is -0.489 e. The smallest absolute Gasteiger partial charge is 0.408 e. The summed E-state index contributed by atoms with van der Waals surface area (Å²) in [6.45, 7) is 17.9. The summed E-state index contributed by atoms with van der Waals surface area (Å²) < 4.78 is 46.3. The van der Waals surface area contributed by atoms with Crippen LogP contribution >= 0.6 is 0 Å². The molecule has 0 radical (unpaired) electrons. The number of hydrogen-bond acceptors (Lipinski definition) is 9. The van der Waals surface area contributed by atoms with Crippen LogP contribution in [-0.4, -0.2) is 66.3 Å². The topological polar surface area (TPSA) is 166 Å². The van der Waals surface area contributed by atoms with Gasteiger partial charge in [-0.1, -0.05) is 39.8 Å². The fourth-order valence-electron chi connectivity index (χ4n) is 6.84. The van der Waals surface area contributed by atoms with Crippen LogP contribution in [0.5, 0.6) is 11.5 Å². The minimum atomic E-state index is -0.727. The van der Waals surface area contributed by atoms with Crippen LogP contribution in [0.3, 0.4) is 0 Å². The van der Waals surface area contributed by atoms with Crippen molar-refractivity contribution in [2.24, 2.45) is 17.6 Å². The van der Waals surface area contributed by atoms with Crippen molar-refractivity contribution in [2.75, 3.05) is 13.2 Å². The Morgan fingerprint density at radius 3 is 1.65 bits per heavy atom. The monoisotopic (exact) mass is 784 g/mol. The number of nitrogens with one attached hydrogen (secondary N) is 3. The van der Waals surface area contributed by atoms with E-state index in [1.165, 1.54) is 12.1 Å². The molecule has 0 saturated carbocycles. The average Bonchev–Trinajstić information content (AvgIpc) is 3.79. The zero-order valence-corrected chi connectivity index (χ0v) is 34.2. The number of alkyl carbamates (subject to hydrolysis) is 1. The van der Waals surface area contributed by atoms with Crippen molar-refractivity contribution in [1.29, 1.82) is 0 Å². The lowest BCUT2D eigenvalue weighted by Gasteiger charge is -2.33. The number of aromatic nitrogens is 6. The number of nitrogens with zero attached hydrogens (tertiary/aromatic N) is 4. The van der Waals surface area contributed by atoms with Gasteiger partial charge in [0.05, 0.1) is 17.9 Å². The van der Waals surface area contributed by atoms with Crippen molar-refractivity contribution in [1.82, 2.24) is 35.7 Å². The molecule has 1 amide bonds. The van der Waals surface area contributed by atoms with E-state index < -0.39 is 34.4 Å². The van der Waals surface area contributed by atoms with Gasteiger partial charge in [-0.25, -0.2) is 23.5 Å². The molecule has 12 nitrogen and oxygen atoms in total. The summed E-state index contributed by atoms with van der Waals surface area (Å²) in [6, 6.07) is 13.4. The lowest BCUT2D eigenvalue weighted by Crippen LogP contribution is -2.52. The first-order valence-electron chi connectivity index (χ1n) is 19.0. The minimum absolute atomic E-state index is 0.0991. The number of pyridine rings is 2. The highest BCUT2D eigenvalue weighted by atomic mass is 19.1. The molecule has 0 aliphatic heterocycles. The van der Waals surface area contributed by atoms with E-state index in [2.05, 4.69) is 63.4 Å². The molecule has 5 N–H and O–H groups in total. The quantitative estimate of drug-likeness (QED) is 0.0893. The molecule has 2 atom stereocenters. The molecule has 0 bridgehead atoms. The van der Waals surface area contributed by atoms with Crippen LogP contribution in [0.15, 0.2) is 73.3 Å². The van der Waals surface area contributed by atoms with E-state index in [4.69, 9.17) is 19.9 Å².